The predicted octanol–water partition coefficient (Wildman–Crippen LogP) is 4.02. The first-order valence-electron chi connectivity index (χ1n) is 9.59. The van der Waals surface area contributed by atoms with Gasteiger partial charge in [-0.15, -0.1) is 6.42 Å². The second-order valence-electron chi connectivity index (χ2n) is 7.61. The third-order valence-electron chi connectivity index (χ3n) is 4.92. The van der Waals surface area contributed by atoms with Crippen LogP contribution in [-0.4, -0.2) is 32.1 Å². The van der Waals surface area contributed by atoms with E-state index in [0.29, 0.717) is 22.4 Å². The maximum absolute atomic E-state index is 13.0. The summed E-state index contributed by atoms with van der Waals surface area (Å²) in [7, 11) is -3.76. The van der Waals surface area contributed by atoms with Gasteiger partial charge in [-0.05, 0) is 69.5 Å². The van der Waals surface area contributed by atoms with Gasteiger partial charge in [0, 0.05) is 11.7 Å². The fraction of sp³-hybridized carbons (Fsp3) is 0.348. The lowest BCUT2D eigenvalue weighted by Gasteiger charge is -2.29. The first-order valence-corrected chi connectivity index (χ1v) is 11.1. The minimum atomic E-state index is -3.76. The largest absolute Gasteiger partial charge is 0.481 e. The minimum Gasteiger partial charge on any atom is -0.481 e. The number of aliphatic carboxylic acids is 1. The van der Waals surface area contributed by atoms with Gasteiger partial charge in [-0.3, -0.25) is 9.52 Å². The molecule has 1 atom stereocenters. The van der Waals surface area contributed by atoms with Gasteiger partial charge in [0.25, 0.3) is 10.0 Å². The average Bonchev–Trinajstić information content (AvgIpc) is 2.59. The van der Waals surface area contributed by atoms with Gasteiger partial charge in [0.2, 0.25) is 0 Å². The molecule has 0 radical (unpaired) electrons. The number of nitrogens with one attached hydrogen (secondary N) is 1. The first-order chi connectivity index (χ1) is 14.0. The number of nitrogens with zero attached hydrogens (tertiary/aromatic N) is 1. The number of terminal acetylenes is 1. The van der Waals surface area contributed by atoms with Gasteiger partial charge in [-0.2, -0.15) is 0 Å². The van der Waals surface area contributed by atoms with Gasteiger partial charge < -0.3 is 10.0 Å². The van der Waals surface area contributed by atoms with Crippen molar-refractivity contribution < 1.29 is 18.3 Å². The standard InChI is InChI=1S/C23H28N2O4S/c1-7-10-25(19(6)14-22(26)27)20-8-9-21(16(3)13-20)24-30(28,29)23-17(4)11-15(2)12-18(23)5/h1,8-9,11-13,19,24H,10,14H2,2-6H3,(H,26,27)/t19-/m0/s1. The molecule has 2 aromatic rings. The van der Waals surface area contributed by atoms with Crippen LogP contribution in [0.5, 0.6) is 0 Å². The van der Waals surface area contributed by atoms with E-state index in [1.807, 2.05) is 30.0 Å². The van der Waals surface area contributed by atoms with E-state index in [-0.39, 0.29) is 23.9 Å². The highest BCUT2D eigenvalue weighted by molar-refractivity contribution is 7.92. The fourth-order valence-electron chi connectivity index (χ4n) is 3.69. The van der Waals surface area contributed by atoms with Crippen LogP contribution < -0.4 is 9.62 Å². The maximum atomic E-state index is 13.0. The van der Waals surface area contributed by atoms with Gasteiger partial charge >= 0.3 is 5.97 Å². The molecule has 2 rings (SSSR count). The number of carboxylic acids is 1. The molecule has 0 unspecified atom stereocenters. The van der Waals surface area contributed by atoms with E-state index < -0.39 is 16.0 Å². The summed E-state index contributed by atoms with van der Waals surface area (Å²) in [6.07, 6.45) is 5.40. The van der Waals surface area contributed by atoms with Crippen LogP contribution in [0.15, 0.2) is 35.2 Å². The smallest absolute Gasteiger partial charge is 0.305 e. The lowest BCUT2D eigenvalue weighted by molar-refractivity contribution is -0.137. The summed E-state index contributed by atoms with van der Waals surface area (Å²) in [6, 6.07) is 8.62. The lowest BCUT2D eigenvalue weighted by atomic mass is 10.1. The fourth-order valence-corrected chi connectivity index (χ4v) is 5.28. The Balaban J connectivity index is 2.37. The van der Waals surface area contributed by atoms with E-state index in [9.17, 15) is 13.2 Å². The van der Waals surface area contributed by atoms with E-state index in [4.69, 9.17) is 11.5 Å². The van der Waals surface area contributed by atoms with Gasteiger partial charge in [-0.1, -0.05) is 23.6 Å². The molecular formula is C23H28N2O4S. The van der Waals surface area contributed by atoms with Crippen molar-refractivity contribution >= 4 is 27.4 Å². The SMILES string of the molecule is C#CCN(c1ccc(NS(=O)(=O)c2c(C)cc(C)cc2C)c(C)c1)[C@@H](C)CC(=O)O. The Hall–Kier alpha value is -2.98. The minimum absolute atomic E-state index is 0.0545. The highest BCUT2D eigenvalue weighted by atomic mass is 32.2. The average molecular weight is 429 g/mol. The molecule has 0 spiro atoms. The zero-order valence-electron chi connectivity index (χ0n) is 18.0. The molecule has 0 aromatic heterocycles. The Labute approximate surface area is 179 Å². The van der Waals surface area contributed by atoms with Crippen molar-refractivity contribution in [1.29, 1.82) is 0 Å². The summed E-state index contributed by atoms with van der Waals surface area (Å²) in [5.41, 5.74) is 4.31. The molecule has 0 bridgehead atoms. The van der Waals surface area contributed by atoms with Crippen molar-refractivity contribution in [3.05, 3.63) is 52.6 Å². The number of carbonyl (C=O) groups is 1. The molecular weight excluding hydrogens is 400 g/mol. The van der Waals surface area contributed by atoms with Crippen LogP contribution in [0.1, 0.15) is 35.6 Å². The Morgan fingerprint density at radius 1 is 1.13 bits per heavy atom. The van der Waals surface area contributed by atoms with Crippen LogP contribution in [0.3, 0.4) is 0 Å². The number of aryl methyl sites for hydroxylation is 4. The van der Waals surface area contributed by atoms with Crippen molar-refractivity contribution in [2.75, 3.05) is 16.2 Å². The number of rotatable bonds is 8. The van der Waals surface area contributed by atoms with Crippen LogP contribution in [0.2, 0.25) is 0 Å². The Morgan fingerprint density at radius 2 is 1.73 bits per heavy atom. The normalized spacial score (nSPS) is 12.1. The summed E-state index contributed by atoms with van der Waals surface area (Å²) in [5, 5.41) is 9.09. The molecule has 7 heteroatoms. The van der Waals surface area contributed by atoms with E-state index in [0.717, 1.165) is 11.3 Å². The zero-order valence-corrected chi connectivity index (χ0v) is 18.8. The molecule has 0 saturated heterocycles. The van der Waals surface area contributed by atoms with E-state index in [2.05, 4.69) is 10.6 Å². The monoisotopic (exact) mass is 428 g/mol. The van der Waals surface area contributed by atoms with Crippen LogP contribution >= 0.6 is 0 Å². The molecule has 0 aliphatic rings. The zero-order chi connectivity index (χ0) is 22.6. The number of hydrogen-bond donors (Lipinski definition) is 2. The summed E-state index contributed by atoms with van der Waals surface area (Å²) in [6.45, 7) is 9.34. The summed E-state index contributed by atoms with van der Waals surface area (Å²) >= 11 is 0. The summed E-state index contributed by atoms with van der Waals surface area (Å²) in [5.74, 6) is 1.64. The Morgan fingerprint density at radius 3 is 2.23 bits per heavy atom. The van der Waals surface area contributed by atoms with Crippen molar-refractivity contribution in [1.82, 2.24) is 0 Å². The van der Waals surface area contributed by atoms with Gasteiger partial charge in [-0.25, -0.2) is 8.42 Å². The van der Waals surface area contributed by atoms with Crippen LogP contribution in [0.25, 0.3) is 0 Å². The Kier molecular flexibility index (Phi) is 7.16. The van der Waals surface area contributed by atoms with Crippen LogP contribution in [0, 0.1) is 40.0 Å². The third kappa shape index (κ3) is 5.33. The van der Waals surface area contributed by atoms with Gasteiger partial charge in [0.15, 0.2) is 0 Å². The quantitative estimate of drug-likeness (QED) is 0.620. The van der Waals surface area contributed by atoms with Crippen LogP contribution in [0.4, 0.5) is 11.4 Å². The number of benzene rings is 2. The van der Waals surface area contributed by atoms with E-state index in [1.54, 1.807) is 39.8 Å². The second kappa shape index (κ2) is 9.23. The molecule has 0 fully saturated rings. The molecule has 0 aliphatic heterocycles. The molecule has 6 nitrogen and oxygen atoms in total. The molecule has 0 heterocycles. The molecule has 0 amide bonds. The molecule has 0 saturated carbocycles. The van der Waals surface area contributed by atoms with E-state index >= 15 is 0 Å². The summed E-state index contributed by atoms with van der Waals surface area (Å²) < 4.78 is 28.8. The van der Waals surface area contributed by atoms with Crippen molar-refractivity contribution in [3.8, 4) is 12.3 Å². The van der Waals surface area contributed by atoms with Crippen molar-refractivity contribution in [3.63, 3.8) is 0 Å². The number of anilines is 2. The molecule has 2 aromatic carbocycles. The molecule has 160 valence electrons. The van der Waals surface area contributed by atoms with Gasteiger partial charge in [0.05, 0.1) is 23.5 Å². The first kappa shape index (κ1) is 23.3. The third-order valence-corrected chi connectivity index (χ3v) is 6.59. The van der Waals surface area contributed by atoms with Crippen molar-refractivity contribution in [2.24, 2.45) is 0 Å². The topological polar surface area (TPSA) is 86.7 Å². The predicted molar refractivity (Wildman–Crippen MR) is 121 cm³/mol. The maximum Gasteiger partial charge on any atom is 0.305 e. The molecule has 30 heavy (non-hydrogen) atoms. The molecule has 0 aliphatic carbocycles. The lowest BCUT2D eigenvalue weighted by Crippen LogP contribution is -2.35. The second-order valence-corrected chi connectivity index (χ2v) is 9.23. The van der Waals surface area contributed by atoms with E-state index in [1.165, 1.54) is 0 Å². The Bertz CT molecular complexity index is 1080. The molecule has 2 N–H and O–H groups in total. The highest BCUT2D eigenvalue weighted by Gasteiger charge is 2.22. The summed E-state index contributed by atoms with van der Waals surface area (Å²) in [4.78, 5) is 13.2. The number of sulfonamides is 1. The van der Waals surface area contributed by atoms with Crippen LogP contribution in [-0.2, 0) is 14.8 Å². The highest BCUT2D eigenvalue weighted by Crippen LogP contribution is 2.29. The number of carboxylic acid groups (broad SMARTS) is 1. The van der Waals surface area contributed by atoms with Gasteiger partial charge in [0.1, 0.15) is 0 Å². The number of hydrogen-bond acceptors (Lipinski definition) is 4. The van der Waals surface area contributed by atoms with Crippen molar-refractivity contribution in [2.45, 2.75) is 52.0 Å².